The van der Waals surface area contributed by atoms with Crippen LogP contribution in [0.25, 0.3) is 22.0 Å². The molecule has 0 bridgehead atoms. The Morgan fingerprint density at radius 1 is 1.05 bits per heavy atom. The van der Waals surface area contributed by atoms with Gasteiger partial charge in [-0.15, -0.1) is 0 Å². The van der Waals surface area contributed by atoms with Crippen molar-refractivity contribution in [2.24, 2.45) is 0 Å². The summed E-state index contributed by atoms with van der Waals surface area (Å²) in [4.78, 5) is 33.0. The monoisotopic (exact) mass is 498 g/mol. The highest BCUT2D eigenvalue weighted by Gasteiger charge is 2.44. The number of carbonyl (C=O) groups is 2. The number of likely N-dealkylation sites (tertiary alicyclic amines) is 1. The number of carbonyl (C=O) groups excluding carboxylic acids is 2. The highest BCUT2D eigenvalue weighted by atomic mass is 16.5. The van der Waals surface area contributed by atoms with Crippen molar-refractivity contribution in [1.82, 2.24) is 20.1 Å². The minimum Gasteiger partial charge on any atom is -0.496 e. The highest BCUT2D eigenvalue weighted by Crippen LogP contribution is 2.41. The van der Waals surface area contributed by atoms with Gasteiger partial charge in [0.25, 0.3) is 5.91 Å². The van der Waals surface area contributed by atoms with E-state index in [2.05, 4.69) is 15.2 Å². The summed E-state index contributed by atoms with van der Waals surface area (Å²) in [7, 11) is 3.14. The average Bonchev–Trinajstić information content (AvgIpc) is 3.47. The summed E-state index contributed by atoms with van der Waals surface area (Å²) in [5.74, 6) is 1.60. The minimum atomic E-state index is -0.615. The molecule has 4 heterocycles. The lowest BCUT2D eigenvalue weighted by molar-refractivity contribution is -0.00583. The Balaban J connectivity index is 1.21. The number of Topliss-reactive ketones (excluding diaryl/α,β-unsaturated/α-hetero) is 1. The number of aromatic amines is 1. The van der Waals surface area contributed by atoms with Crippen LogP contribution in [0.15, 0.2) is 54.9 Å². The number of hydrogen-bond acceptors (Lipinski definition) is 7. The Kier molecular flexibility index (Phi) is 5.55. The van der Waals surface area contributed by atoms with Crippen LogP contribution in [0.2, 0.25) is 0 Å². The second-order valence-electron chi connectivity index (χ2n) is 9.44. The summed E-state index contributed by atoms with van der Waals surface area (Å²) < 4.78 is 17.4. The van der Waals surface area contributed by atoms with E-state index in [1.807, 2.05) is 30.3 Å². The summed E-state index contributed by atoms with van der Waals surface area (Å²) in [6, 6.07) is 12.9. The van der Waals surface area contributed by atoms with E-state index >= 15 is 0 Å². The number of hydrogen-bond donors (Lipinski definition) is 1. The van der Waals surface area contributed by atoms with Crippen molar-refractivity contribution in [3.05, 3.63) is 66.1 Å². The minimum absolute atomic E-state index is 0.0550. The molecule has 6 rings (SSSR count). The van der Waals surface area contributed by atoms with Gasteiger partial charge in [-0.1, -0.05) is 12.1 Å². The lowest BCUT2D eigenvalue weighted by Gasteiger charge is -2.44. The van der Waals surface area contributed by atoms with Gasteiger partial charge in [-0.25, -0.2) is 4.98 Å². The smallest absolute Gasteiger partial charge is 0.272 e. The summed E-state index contributed by atoms with van der Waals surface area (Å²) in [5, 5.41) is 7.56. The molecule has 0 atom stereocenters. The highest BCUT2D eigenvalue weighted by molar-refractivity contribution is 6.02. The molecular weight excluding hydrogens is 472 g/mol. The Hall–Kier alpha value is -4.40. The number of piperidine rings is 1. The number of fused-ring (bicyclic) bond motifs is 2. The van der Waals surface area contributed by atoms with Gasteiger partial charge < -0.3 is 19.1 Å². The van der Waals surface area contributed by atoms with Crippen LogP contribution in [0.1, 0.15) is 40.1 Å². The lowest BCUT2D eigenvalue weighted by atomic mass is 9.82. The fourth-order valence-corrected chi connectivity index (χ4v) is 5.27. The molecule has 0 saturated carbocycles. The summed E-state index contributed by atoms with van der Waals surface area (Å²) in [6.07, 6.45) is 4.92. The van der Waals surface area contributed by atoms with Crippen LogP contribution >= 0.6 is 0 Å². The number of ketones is 1. The van der Waals surface area contributed by atoms with Crippen LogP contribution in [-0.2, 0) is 0 Å². The van der Waals surface area contributed by atoms with E-state index in [-0.39, 0.29) is 18.1 Å². The molecule has 1 amide bonds. The predicted molar refractivity (Wildman–Crippen MR) is 136 cm³/mol. The van der Waals surface area contributed by atoms with Crippen LogP contribution in [0.3, 0.4) is 0 Å². The summed E-state index contributed by atoms with van der Waals surface area (Å²) >= 11 is 0. The Morgan fingerprint density at radius 3 is 2.59 bits per heavy atom. The summed E-state index contributed by atoms with van der Waals surface area (Å²) in [5.41, 5.74) is 2.67. The molecule has 4 aromatic rings. The standard InChI is InChI=1S/C28H26N4O5/c1-35-24-5-3-4-19-25(36-2)13-21(31-26(19)24)27(34)32-10-8-28(9-11-32)14-22(33)20-12-17(6-7-23(20)37-28)18-15-29-30-16-18/h3-7,12-13,15-16H,8-11,14H2,1-2H3,(H,29,30). The van der Waals surface area contributed by atoms with Crippen LogP contribution in [-0.4, -0.2) is 64.7 Å². The van der Waals surface area contributed by atoms with E-state index in [9.17, 15) is 9.59 Å². The van der Waals surface area contributed by atoms with Crippen LogP contribution in [0.4, 0.5) is 0 Å². The van der Waals surface area contributed by atoms with Crippen molar-refractivity contribution in [3.63, 3.8) is 0 Å². The molecule has 188 valence electrons. The molecule has 0 unspecified atom stereocenters. The molecule has 9 heteroatoms. The van der Waals surface area contributed by atoms with Crippen LogP contribution in [0, 0.1) is 0 Å². The molecule has 1 saturated heterocycles. The Labute approximate surface area is 213 Å². The van der Waals surface area contributed by atoms with Crippen LogP contribution in [0.5, 0.6) is 17.2 Å². The van der Waals surface area contributed by atoms with Gasteiger partial charge in [0.2, 0.25) is 0 Å². The molecule has 2 aromatic carbocycles. The maximum atomic E-state index is 13.4. The number of nitrogens with zero attached hydrogens (tertiary/aromatic N) is 3. The van der Waals surface area contributed by atoms with E-state index in [0.29, 0.717) is 60.0 Å². The van der Waals surface area contributed by atoms with E-state index in [0.717, 1.165) is 16.5 Å². The number of benzene rings is 2. The molecule has 2 aliphatic rings. The third-order valence-corrected chi connectivity index (χ3v) is 7.31. The predicted octanol–water partition coefficient (Wildman–Crippen LogP) is 4.28. The molecule has 2 aliphatic heterocycles. The Morgan fingerprint density at radius 2 is 1.86 bits per heavy atom. The van der Waals surface area contributed by atoms with Crippen molar-refractivity contribution in [2.75, 3.05) is 27.3 Å². The number of pyridine rings is 1. The second-order valence-corrected chi connectivity index (χ2v) is 9.44. The quantitative estimate of drug-likeness (QED) is 0.448. The van der Waals surface area contributed by atoms with Crippen LogP contribution < -0.4 is 14.2 Å². The molecule has 1 N–H and O–H groups in total. The molecule has 0 radical (unpaired) electrons. The number of rotatable bonds is 4. The number of H-pyrrole nitrogens is 1. The lowest BCUT2D eigenvalue weighted by Crippen LogP contribution is -2.52. The maximum Gasteiger partial charge on any atom is 0.272 e. The first-order valence-corrected chi connectivity index (χ1v) is 12.2. The first-order valence-electron chi connectivity index (χ1n) is 12.2. The Bertz CT molecular complexity index is 1510. The van der Waals surface area contributed by atoms with Gasteiger partial charge in [0.15, 0.2) is 5.78 Å². The van der Waals surface area contributed by atoms with Gasteiger partial charge >= 0.3 is 0 Å². The number of aromatic nitrogens is 3. The van der Waals surface area contributed by atoms with Crippen molar-refractivity contribution in [3.8, 4) is 28.4 Å². The van der Waals surface area contributed by atoms with E-state index < -0.39 is 5.60 Å². The van der Waals surface area contributed by atoms with Crippen molar-refractivity contribution in [1.29, 1.82) is 0 Å². The maximum absolute atomic E-state index is 13.4. The molecule has 9 nitrogen and oxygen atoms in total. The van der Waals surface area contributed by atoms with Gasteiger partial charge in [-0.05, 0) is 29.8 Å². The second kappa shape index (κ2) is 8.92. The molecule has 2 aromatic heterocycles. The molecular formula is C28H26N4O5. The third-order valence-electron chi connectivity index (χ3n) is 7.31. The number of para-hydroxylation sites is 1. The van der Waals surface area contributed by atoms with Gasteiger partial charge in [0.05, 0.1) is 32.4 Å². The molecule has 37 heavy (non-hydrogen) atoms. The van der Waals surface area contributed by atoms with Crippen molar-refractivity contribution >= 4 is 22.6 Å². The molecule has 0 aliphatic carbocycles. The van der Waals surface area contributed by atoms with E-state index in [4.69, 9.17) is 14.2 Å². The topological polar surface area (TPSA) is 107 Å². The van der Waals surface area contributed by atoms with Gasteiger partial charge in [-0.3, -0.25) is 14.7 Å². The number of ether oxygens (including phenoxy) is 3. The molecule has 1 fully saturated rings. The van der Waals surface area contributed by atoms with E-state index in [1.165, 1.54) is 0 Å². The zero-order chi connectivity index (χ0) is 25.6. The SMILES string of the molecule is COc1cc(C(=O)N2CCC3(CC2)CC(=O)c2cc(-c4cn[nH]c4)ccc2O3)nc2c(OC)cccc12. The largest absolute Gasteiger partial charge is 0.496 e. The number of amides is 1. The third kappa shape index (κ3) is 3.96. The number of methoxy groups -OCH3 is 2. The first kappa shape index (κ1) is 23.0. The van der Waals surface area contributed by atoms with Crippen molar-refractivity contribution < 1.29 is 23.8 Å². The average molecular weight is 499 g/mol. The van der Waals surface area contributed by atoms with Gasteiger partial charge in [0.1, 0.15) is 34.1 Å². The van der Waals surface area contributed by atoms with E-state index in [1.54, 1.807) is 43.6 Å². The normalized spacial score (nSPS) is 16.4. The zero-order valence-corrected chi connectivity index (χ0v) is 20.6. The van der Waals surface area contributed by atoms with Gasteiger partial charge in [-0.2, -0.15) is 5.10 Å². The zero-order valence-electron chi connectivity index (χ0n) is 20.6. The van der Waals surface area contributed by atoms with Gasteiger partial charge in [0, 0.05) is 49.1 Å². The molecule has 1 spiro atoms. The number of nitrogens with one attached hydrogen (secondary N) is 1. The fraction of sp³-hybridized carbons (Fsp3) is 0.286. The summed E-state index contributed by atoms with van der Waals surface area (Å²) in [6.45, 7) is 0.922. The fourth-order valence-electron chi connectivity index (χ4n) is 5.27. The van der Waals surface area contributed by atoms with Crippen molar-refractivity contribution in [2.45, 2.75) is 24.9 Å². The first-order chi connectivity index (χ1) is 18.0.